The molecule has 0 spiro atoms. The van der Waals surface area contributed by atoms with Gasteiger partial charge in [0.1, 0.15) is 16.6 Å². The number of anilines is 1. The number of rotatable bonds is 8. The Bertz CT molecular complexity index is 1530. The van der Waals surface area contributed by atoms with E-state index in [2.05, 4.69) is 10.3 Å². The van der Waals surface area contributed by atoms with Gasteiger partial charge in [0, 0.05) is 29.4 Å². The maximum atomic E-state index is 13.3. The number of carbonyl (C=O) groups excluding carboxylic acids is 1. The monoisotopic (exact) mass is 546 g/mol. The van der Waals surface area contributed by atoms with E-state index >= 15 is 0 Å². The van der Waals surface area contributed by atoms with E-state index in [-0.39, 0.29) is 18.3 Å². The zero-order valence-corrected chi connectivity index (χ0v) is 22.5. The average molecular weight is 547 g/mol. The standard InChI is InChI=1S/C29H27FN4O4S/c1-4-24(27(36)32-19-11-9-18(30)10-12-19)39-29-22-13-21-17(15-35)14-31-16(2)25(21)38-28(22)33-26(34-29)20-7-5-6-8-23(20)37-3/h5-12,14,24,35H,4,13,15H2,1-3H3,(H,32,36)/t24-/m0/s1. The number of para-hydroxylation sites is 1. The number of aromatic nitrogens is 3. The Balaban J connectivity index is 1.57. The van der Waals surface area contributed by atoms with Gasteiger partial charge < -0.3 is 19.9 Å². The number of nitrogens with one attached hydrogen (secondary N) is 1. The topological polar surface area (TPSA) is 106 Å². The highest BCUT2D eigenvalue weighted by molar-refractivity contribution is 8.00. The Hall–Kier alpha value is -4.02. The smallest absolute Gasteiger partial charge is 0.237 e. The molecule has 2 N–H and O–H groups in total. The third-order valence-corrected chi connectivity index (χ3v) is 7.83. The van der Waals surface area contributed by atoms with Crippen LogP contribution in [0.1, 0.15) is 35.7 Å². The average Bonchev–Trinajstić information content (AvgIpc) is 2.96. The molecule has 0 fully saturated rings. The van der Waals surface area contributed by atoms with Crippen molar-refractivity contribution in [3.8, 4) is 28.8 Å². The first-order valence-corrected chi connectivity index (χ1v) is 13.3. The summed E-state index contributed by atoms with van der Waals surface area (Å²) in [5, 5.41) is 12.9. The lowest BCUT2D eigenvalue weighted by Crippen LogP contribution is -2.25. The number of thioether (sulfide) groups is 1. The van der Waals surface area contributed by atoms with Crippen LogP contribution in [0.4, 0.5) is 10.1 Å². The first-order valence-electron chi connectivity index (χ1n) is 12.4. The molecule has 1 aliphatic heterocycles. The lowest BCUT2D eigenvalue weighted by atomic mass is 9.99. The molecular formula is C29H27FN4O4S. The molecule has 200 valence electrons. The van der Waals surface area contributed by atoms with Crippen molar-refractivity contribution in [1.29, 1.82) is 0 Å². The van der Waals surface area contributed by atoms with Gasteiger partial charge in [-0.1, -0.05) is 30.8 Å². The maximum absolute atomic E-state index is 13.3. The highest BCUT2D eigenvalue weighted by atomic mass is 32.2. The van der Waals surface area contributed by atoms with Gasteiger partial charge in [-0.2, -0.15) is 4.98 Å². The van der Waals surface area contributed by atoms with Crippen molar-refractivity contribution < 1.29 is 23.8 Å². The Morgan fingerprint density at radius 1 is 1.18 bits per heavy atom. The summed E-state index contributed by atoms with van der Waals surface area (Å²) in [6, 6.07) is 13.1. The lowest BCUT2D eigenvalue weighted by molar-refractivity contribution is -0.115. The molecule has 0 saturated heterocycles. The van der Waals surface area contributed by atoms with Gasteiger partial charge in [0.15, 0.2) is 11.6 Å². The minimum Gasteiger partial charge on any atom is -0.496 e. The number of pyridine rings is 1. The van der Waals surface area contributed by atoms with E-state index < -0.39 is 5.25 Å². The number of benzene rings is 2. The number of aryl methyl sites for hydroxylation is 1. The third-order valence-electron chi connectivity index (χ3n) is 6.43. The number of carbonyl (C=O) groups is 1. The molecule has 39 heavy (non-hydrogen) atoms. The Morgan fingerprint density at radius 3 is 2.67 bits per heavy atom. The Kier molecular flexibility index (Phi) is 7.76. The van der Waals surface area contributed by atoms with Crippen LogP contribution in [0.2, 0.25) is 0 Å². The molecule has 0 unspecified atom stereocenters. The fourth-order valence-electron chi connectivity index (χ4n) is 4.35. The van der Waals surface area contributed by atoms with Crippen molar-refractivity contribution in [1.82, 2.24) is 15.0 Å². The van der Waals surface area contributed by atoms with Gasteiger partial charge in [-0.3, -0.25) is 9.78 Å². The maximum Gasteiger partial charge on any atom is 0.237 e. The predicted molar refractivity (Wildman–Crippen MR) is 147 cm³/mol. The number of hydrogen-bond donors (Lipinski definition) is 2. The normalized spacial score (nSPS) is 12.6. The number of aliphatic hydroxyl groups excluding tert-OH is 1. The third kappa shape index (κ3) is 5.43. The number of nitrogens with zero attached hydrogens (tertiary/aromatic N) is 3. The Labute approximate surface area is 229 Å². The second-order valence-electron chi connectivity index (χ2n) is 8.96. The summed E-state index contributed by atoms with van der Waals surface area (Å²) >= 11 is 1.31. The molecule has 8 nitrogen and oxygen atoms in total. The van der Waals surface area contributed by atoms with Crippen LogP contribution in [-0.2, 0) is 17.8 Å². The molecule has 0 radical (unpaired) electrons. The number of aliphatic hydroxyl groups is 1. The van der Waals surface area contributed by atoms with E-state index in [4.69, 9.17) is 19.4 Å². The zero-order valence-electron chi connectivity index (χ0n) is 21.7. The lowest BCUT2D eigenvalue weighted by Gasteiger charge is -2.25. The van der Waals surface area contributed by atoms with Crippen molar-refractivity contribution in [2.24, 2.45) is 0 Å². The number of hydrogen-bond acceptors (Lipinski definition) is 8. The van der Waals surface area contributed by atoms with Crippen LogP contribution in [-0.4, -0.2) is 38.3 Å². The fourth-order valence-corrected chi connectivity index (χ4v) is 5.40. The van der Waals surface area contributed by atoms with E-state index in [0.29, 0.717) is 63.6 Å². The summed E-state index contributed by atoms with van der Waals surface area (Å²) in [4.78, 5) is 27.2. The first kappa shape index (κ1) is 26.6. The molecule has 3 heterocycles. The van der Waals surface area contributed by atoms with Crippen molar-refractivity contribution >= 4 is 23.4 Å². The van der Waals surface area contributed by atoms with Gasteiger partial charge in [0.25, 0.3) is 0 Å². The van der Waals surface area contributed by atoms with Crippen molar-refractivity contribution in [2.75, 3.05) is 12.4 Å². The highest BCUT2D eigenvalue weighted by Gasteiger charge is 2.30. The minimum absolute atomic E-state index is 0.186. The van der Waals surface area contributed by atoms with Gasteiger partial charge in [0.2, 0.25) is 11.8 Å². The quantitative estimate of drug-likeness (QED) is 0.189. The fraction of sp³-hybridized carbons (Fsp3) is 0.241. The van der Waals surface area contributed by atoms with Crippen molar-refractivity contribution in [3.63, 3.8) is 0 Å². The van der Waals surface area contributed by atoms with Crippen LogP contribution >= 0.6 is 11.8 Å². The first-order chi connectivity index (χ1) is 18.9. The van der Waals surface area contributed by atoms with E-state index in [0.717, 1.165) is 11.1 Å². The molecule has 2 aromatic heterocycles. The molecule has 1 amide bonds. The van der Waals surface area contributed by atoms with Gasteiger partial charge >= 0.3 is 0 Å². The van der Waals surface area contributed by atoms with Crippen LogP contribution in [0, 0.1) is 12.7 Å². The molecule has 10 heteroatoms. The largest absolute Gasteiger partial charge is 0.496 e. The summed E-state index contributed by atoms with van der Waals surface area (Å²) in [6.07, 6.45) is 2.57. The number of amides is 1. The number of fused-ring (bicyclic) bond motifs is 2. The van der Waals surface area contributed by atoms with E-state index in [1.807, 2.05) is 38.1 Å². The zero-order chi connectivity index (χ0) is 27.5. The second kappa shape index (κ2) is 11.4. The molecule has 0 bridgehead atoms. The molecule has 0 saturated carbocycles. The van der Waals surface area contributed by atoms with Gasteiger partial charge in [-0.15, -0.1) is 0 Å². The summed E-state index contributed by atoms with van der Waals surface area (Å²) < 4.78 is 25.2. The van der Waals surface area contributed by atoms with Gasteiger partial charge in [-0.25, -0.2) is 9.37 Å². The SMILES string of the molecule is CC[C@H](Sc1nc(-c2ccccc2OC)nc2c1Cc1c(CO)cnc(C)c1O2)C(=O)Nc1ccc(F)cc1. The van der Waals surface area contributed by atoms with Crippen LogP contribution in [0.25, 0.3) is 11.4 Å². The molecule has 1 aliphatic rings. The number of methoxy groups -OCH3 is 1. The van der Waals surface area contributed by atoms with E-state index in [9.17, 15) is 14.3 Å². The van der Waals surface area contributed by atoms with Gasteiger partial charge in [0.05, 0.1) is 35.8 Å². The van der Waals surface area contributed by atoms with Crippen LogP contribution in [0.5, 0.6) is 17.4 Å². The van der Waals surface area contributed by atoms with E-state index in [1.165, 1.54) is 36.0 Å². The van der Waals surface area contributed by atoms with Crippen LogP contribution < -0.4 is 14.8 Å². The number of ether oxygens (including phenoxy) is 2. The Morgan fingerprint density at radius 2 is 1.95 bits per heavy atom. The predicted octanol–water partition coefficient (Wildman–Crippen LogP) is 5.69. The molecule has 4 aromatic rings. The molecule has 1 atom stereocenters. The molecular weight excluding hydrogens is 519 g/mol. The summed E-state index contributed by atoms with van der Waals surface area (Å²) in [5.41, 5.74) is 4.07. The van der Waals surface area contributed by atoms with Crippen LogP contribution in [0.3, 0.4) is 0 Å². The highest BCUT2D eigenvalue weighted by Crippen LogP contribution is 2.44. The summed E-state index contributed by atoms with van der Waals surface area (Å²) in [5.74, 6) is 1.33. The van der Waals surface area contributed by atoms with E-state index in [1.54, 1.807) is 13.3 Å². The van der Waals surface area contributed by atoms with Gasteiger partial charge in [-0.05, 0) is 49.7 Å². The van der Waals surface area contributed by atoms with Crippen molar-refractivity contribution in [3.05, 3.63) is 82.9 Å². The second-order valence-corrected chi connectivity index (χ2v) is 10.2. The molecule has 5 rings (SSSR count). The minimum atomic E-state index is -0.502. The van der Waals surface area contributed by atoms with Crippen LogP contribution in [0.15, 0.2) is 59.8 Å². The summed E-state index contributed by atoms with van der Waals surface area (Å²) in [7, 11) is 1.58. The molecule has 0 aliphatic carbocycles. The van der Waals surface area contributed by atoms with Crippen molar-refractivity contribution in [2.45, 2.75) is 43.6 Å². The molecule has 2 aromatic carbocycles. The number of halogens is 1. The summed E-state index contributed by atoms with van der Waals surface area (Å²) in [6.45, 7) is 3.58.